The Kier molecular flexibility index (Phi) is 1.64. The van der Waals surface area contributed by atoms with Gasteiger partial charge in [0.1, 0.15) is 5.82 Å². The molecule has 0 unspecified atom stereocenters. The van der Waals surface area contributed by atoms with E-state index in [4.69, 9.17) is 5.73 Å². The Morgan fingerprint density at radius 3 is 3.25 bits per heavy atom. The first-order chi connectivity index (χ1) is 5.77. The lowest BCUT2D eigenvalue weighted by atomic mass is 10.0. The highest BCUT2D eigenvalue weighted by atomic mass is 15.1. The first-order valence-corrected chi connectivity index (χ1v) is 4.23. The van der Waals surface area contributed by atoms with Gasteiger partial charge >= 0.3 is 0 Å². The quantitative estimate of drug-likeness (QED) is 0.621. The Labute approximate surface area is 72.2 Å². The average Bonchev–Trinajstić information content (AvgIpc) is 2.04. The molecule has 0 aliphatic carbocycles. The molecule has 0 saturated carbocycles. The number of hydrogen-bond acceptors (Lipinski definition) is 3. The van der Waals surface area contributed by atoms with E-state index in [-0.39, 0.29) is 0 Å². The molecule has 1 aliphatic heterocycles. The highest BCUT2D eigenvalue weighted by Gasteiger charge is 2.13. The maximum atomic E-state index is 5.60. The zero-order chi connectivity index (χ0) is 8.55. The van der Waals surface area contributed by atoms with Gasteiger partial charge in [-0.1, -0.05) is 0 Å². The Bertz CT molecular complexity index is 296. The van der Waals surface area contributed by atoms with Crippen LogP contribution < -0.4 is 10.6 Å². The molecule has 0 aromatic carbocycles. The maximum Gasteiger partial charge on any atom is 0.123 e. The van der Waals surface area contributed by atoms with E-state index >= 15 is 0 Å². The summed E-state index contributed by atoms with van der Waals surface area (Å²) in [6.07, 6.45) is 4.21. The van der Waals surface area contributed by atoms with Gasteiger partial charge in [0.2, 0.25) is 0 Å². The summed E-state index contributed by atoms with van der Waals surface area (Å²) < 4.78 is 0. The van der Waals surface area contributed by atoms with E-state index in [0.717, 1.165) is 13.0 Å². The minimum absolute atomic E-state index is 0.629. The summed E-state index contributed by atoms with van der Waals surface area (Å²) in [5.74, 6) is 0.629. The maximum absolute atomic E-state index is 5.60. The van der Waals surface area contributed by atoms with Crippen LogP contribution in [0.3, 0.4) is 0 Å². The molecular formula is C9H13N3. The van der Waals surface area contributed by atoms with Crippen molar-refractivity contribution in [2.45, 2.75) is 12.8 Å². The number of anilines is 2. The first-order valence-electron chi connectivity index (χ1n) is 4.23. The lowest BCUT2D eigenvalue weighted by Gasteiger charge is -2.26. The molecule has 1 aliphatic rings. The van der Waals surface area contributed by atoms with Crippen molar-refractivity contribution >= 4 is 11.5 Å². The lowest BCUT2D eigenvalue weighted by molar-refractivity contribution is 0.742. The van der Waals surface area contributed by atoms with Gasteiger partial charge < -0.3 is 10.6 Å². The molecule has 0 atom stereocenters. The number of nitrogens with zero attached hydrogens (tertiary/aromatic N) is 2. The lowest BCUT2D eigenvalue weighted by Crippen LogP contribution is -2.24. The molecule has 12 heavy (non-hydrogen) atoms. The van der Waals surface area contributed by atoms with Crippen molar-refractivity contribution in [1.29, 1.82) is 0 Å². The highest BCUT2D eigenvalue weighted by molar-refractivity contribution is 5.56. The SMILES string of the molecule is CN1CCCc2cc(N)ncc21. The molecule has 3 nitrogen and oxygen atoms in total. The van der Waals surface area contributed by atoms with Crippen LogP contribution in [0.4, 0.5) is 11.5 Å². The number of pyridine rings is 1. The molecule has 64 valence electrons. The molecule has 2 heterocycles. The molecule has 2 rings (SSSR count). The first kappa shape index (κ1) is 7.40. The van der Waals surface area contributed by atoms with Gasteiger partial charge in [-0.15, -0.1) is 0 Å². The molecular weight excluding hydrogens is 150 g/mol. The molecule has 0 spiro atoms. The highest BCUT2D eigenvalue weighted by Crippen LogP contribution is 2.25. The van der Waals surface area contributed by atoms with Crippen LogP contribution in [0.15, 0.2) is 12.3 Å². The van der Waals surface area contributed by atoms with E-state index < -0.39 is 0 Å². The summed E-state index contributed by atoms with van der Waals surface area (Å²) in [6, 6.07) is 1.98. The van der Waals surface area contributed by atoms with Crippen LogP contribution in [0.1, 0.15) is 12.0 Å². The van der Waals surface area contributed by atoms with E-state index in [1.165, 1.54) is 17.7 Å². The normalized spacial score (nSPS) is 15.9. The summed E-state index contributed by atoms with van der Waals surface area (Å²) in [7, 11) is 2.09. The second-order valence-corrected chi connectivity index (χ2v) is 3.26. The Morgan fingerprint density at radius 1 is 1.58 bits per heavy atom. The second kappa shape index (κ2) is 2.66. The fourth-order valence-electron chi connectivity index (χ4n) is 1.68. The van der Waals surface area contributed by atoms with Crippen LogP contribution in [-0.4, -0.2) is 18.6 Å². The Morgan fingerprint density at radius 2 is 2.42 bits per heavy atom. The van der Waals surface area contributed by atoms with Crippen LogP contribution in [0, 0.1) is 0 Å². The Hall–Kier alpha value is -1.25. The number of nitrogen functional groups attached to an aromatic ring is 1. The number of hydrogen-bond donors (Lipinski definition) is 1. The van der Waals surface area contributed by atoms with Gasteiger partial charge in [0, 0.05) is 13.6 Å². The molecule has 0 radical (unpaired) electrons. The number of fused-ring (bicyclic) bond motifs is 1. The van der Waals surface area contributed by atoms with E-state index in [2.05, 4.69) is 16.9 Å². The smallest absolute Gasteiger partial charge is 0.123 e. The van der Waals surface area contributed by atoms with Gasteiger partial charge in [-0.25, -0.2) is 4.98 Å². The predicted molar refractivity (Wildman–Crippen MR) is 50.2 cm³/mol. The number of nitrogens with two attached hydrogens (primary N) is 1. The van der Waals surface area contributed by atoms with Gasteiger partial charge in [0.25, 0.3) is 0 Å². The fraction of sp³-hybridized carbons (Fsp3) is 0.444. The summed E-state index contributed by atoms with van der Waals surface area (Å²) in [6.45, 7) is 1.12. The van der Waals surface area contributed by atoms with Crippen LogP contribution >= 0.6 is 0 Å². The average molecular weight is 163 g/mol. The van der Waals surface area contributed by atoms with Crippen molar-refractivity contribution in [1.82, 2.24) is 4.98 Å². The fourth-order valence-corrected chi connectivity index (χ4v) is 1.68. The third kappa shape index (κ3) is 1.11. The summed E-state index contributed by atoms with van der Waals surface area (Å²) >= 11 is 0. The minimum Gasteiger partial charge on any atom is -0.384 e. The summed E-state index contributed by atoms with van der Waals surface area (Å²) in [5.41, 5.74) is 8.16. The van der Waals surface area contributed by atoms with Crippen molar-refractivity contribution in [2.75, 3.05) is 24.2 Å². The van der Waals surface area contributed by atoms with Gasteiger partial charge in [-0.3, -0.25) is 0 Å². The zero-order valence-corrected chi connectivity index (χ0v) is 7.25. The topological polar surface area (TPSA) is 42.1 Å². The van der Waals surface area contributed by atoms with Crippen molar-refractivity contribution in [2.24, 2.45) is 0 Å². The molecule has 0 fully saturated rings. The summed E-state index contributed by atoms with van der Waals surface area (Å²) in [5, 5.41) is 0. The molecule has 1 aromatic rings. The Balaban J connectivity index is 2.46. The van der Waals surface area contributed by atoms with E-state index in [1.807, 2.05) is 12.3 Å². The number of rotatable bonds is 0. The second-order valence-electron chi connectivity index (χ2n) is 3.26. The van der Waals surface area contributed by atoms with Gasteiger partial charge in [0.05, 0.1) is 11.9 Å². The monoisotopic (exact) mass is 163 g/mol. The summed E-state index contributed by atoms with van der Waals surface area (Å²) in [4.78, 5) is 6.31. The molecule has 2 N–H and O–H groups in total. The predicted octanol–water partition coefficient (Wildman–Crippen LogP) is 1.05. The van der Waals surface area contributed by atoms with E-state index in [1.54, 1.807) is 0 Å². The number of aryl methyl sites for hydroxylation is 1. The molecule has 0 amide bonds. The molecule has 0 saturated heterocycles. The van der Waals surface area contributed by atoms with E-state index in [0.29, 0.717) is 5.82 Å². The van der Waals surface area contributed by atoms with Crippen LogP contribution in [0.5, 0.6) is 0 Å². The van der Waals surface area contributed by atoms with Crippen molar-refractivity contribution < 1.29 is 0 Å². The van der Waals surface area contributed by atoms with Crippen molar-refractivity contribution in [3.8, 4) is 0 Å². The van der Waals surface area contributed by atoms with Gasteiger partial charge in [-0.2, -0.15) is 0 Å². The van der Waals surface area contributed by atoms with Crippen LogP contribution in [0.2, 0.25) is 0 Å². The zero-order valence-electron chi connectivity index (χ0n) is 7.25. The minimum atomic E-state index is 0.629. The third-order valence-corrected chi connectivity index (χ3v) is 2.34. The standard InChI is InChI=1S/C9H13N3/c1-12-4-2-3-7-5-9(10)11-6-8(7)12/h5-6H,2-4H2,1H3,(H2,10,11). The van der Waals surface area contributed by atoms with Gasteiger partial charge in [-0.05, 0) is 24.5 Å². The molecule has 1 aromatic heterocycles. The molecule has 0 bridgehead atoms. The van der Waals surface area contributed by atoms with Crippen LogP contribution in [-0.2, 0) is 6.42 Å². The third-order valence-electron chi connectivity index (χ3n) is 2.34. The molecule has 3 heteroatoms. The van der Waals surface area contributed by atoms with Gasteiger partial charge in [0.15, 0.2) is 0 Å². The van der Waals surface area contributed by atoms with E-state index in [9.17, 15) is 0 Å². The number of aromatic nitrogens is 1. The van der Waals surface area contributed by atoms with Crippen molar-refractivity contribution in [3.63, 3.8) is 0 Å². The van der Waals surface area contributed by atoms with Crippen molar-refractivity contribution in [3.05, 3.63) is 17.8 Å². The largest absolute Gasteiger partial charge is 0.384 e. The van der Waals surface area contributed by atoms with Crippen LogP contribution in [0.25, 0.3) is 0 Å².